The fraction of sp³-hybridized carbons (Fsp3) is 0.300. The molecule has 0 radical (unpaired) electrons. The van der Waals surface area contributed by atoms with Crippen LogP contribution in [-0.2, 0) is 11.8 Å². The number of aromatic nitrogens is 4. The van der Waals surface area contributed by atoms with Crippen LogP contribution >= 0.6 is 12.4 Å². The maximum Gasteiger partial charge on any atom is 0.321 e. The summed E-state index contributed by atoms with van der Waals surface area (Å²) in [4.78, 5) is 21.0. The van der Waals surface area contributed by atoms with Crippen molar-refractivity contribution < 1.29 is 9.53 Å². The smallest absolute Gasteiger partial charge is 0.321 e. The Balaban J connectivity index is 0.00000240. The largest absolute Gasteiger partial charge is 0.424 e. The molecule has 0 unspecified atom stereocenters. The van der Waals surface area contributed by atoms with Crippen molar-refractivity contribution in [1.82, 2.24) is 25.1 Å². The number of halogens is 1. The molecular formula is C20H23ClN6O2. The maximum absolute atomic E-state index is 12.9. The molecule has 0 saturated carbocycles. The minimum Gasteiger partial charge on any atom is -0.424 e. The lowest BCUT2D eigenvalue weighted by Gasteiger charge is -2.18. The Labute approximate surface area is 175 Å². The predicted octanol–water partition coefficient (Wildman–Crippen LogP) is 2.67. The molecule has 0 aliphatic carbocycles. The number of benzene rings is 1. The van der Waals surface area contributed by atoms with Crippen LogP contribution in [0.2, 0.25) is 0 Å². The van der Waals surface area contributed by atoms with E-state index in [4.69, 9.17) is 4.74 Å². The zero-order chi connectivity index (χ0) is 19.5. The Morgan fingerprint density at radius 1 is 1.28 bits per heavy atom. The quantitative estimate of drug-likeness (QED) is 0.666. The molecule has 9 heteroatoms. The summed E-state index contributed by atoms with van der Waals surface area (Å²) in [7, 11) is 1.88. The number of hydrogen-bond acceptors (Lipinski definition) is 6. The highest BCUT2D eigenvalue weighted by molar-refractivity contribution is 5.94. The molecule has 152 valence electrons. The number of carbonyl (C=O) groups excluding carboxylic acids is 1. The van der Waals surface area contributed by atoms with Gasteiger partial charge in [0.1, 0.15) is 5.75 Å². The number of ether oxygens (including phenoxy) is 1. The lowest BCUT2D eigenvalue weighted by atomic mass is 9.90. The lowest BCUT2D eigenvalue weighted by Crippen LogP contribution is -2.28. The highest BCUT2D eigenvalue weighted by atomic mass is 35.5. The number of amides is 1. The van der Waals surface area contributed by atoms with E-state index in [9.17, 15) is 4.79 Å². The molecule has 3 aromatic rings. The molecule has 1 saturated heterocycles. The van der Waals surface area contributed by atoms with Crippen molar-refractivity contribution in [3.8, 4) is 11.8 Å². The van der Waals surface area contributed by atoms with E-state index in [2.05, 4.69) is 25.7 Å². The van der Waals surface area contributed by atoms with Crippen LogP contribution in [0.4, 0.5) is 5.69 Å². The van der Waals surface area contributed by atoms with E-state index in [1.807, 2.05) is 38.5 Å². The molecule has 1 aliphatic rings. The molecule has 8 nitrogen and oxygen atoms in total. The standard InChI is InChI=1S/C20H22N6O2.ClH/c1-13-8-15(28-20-22-6-3-7-23-20)4-5-18(13)25-19(27)17-11-21-10-16(17)14-9-24-26(2)12-14;/h3-9,12,16-17,21H,10-11H2,1-2H3,(H,25,27);1H/t16-,17+;/m1./s1. The van der Waals surface area contributed by atoms with Gasteiger partial charge in [-0.1, -0.05) is 0 Å². The van der Waals surface area contributed by atoms with E-state index in [1.54, 1.807) is 29.2 Å². The van der Waals surface area contributed by atoms with Crippen molar-refractivity contribution in [2.24, 2.45) is 13.0 Å². The van der Waals surface area contributed by atoms with Gasteiger partial charge in [0.2, 0.25) is 5.91 Å². The van der Waals surface area contributed by atoms with Gasteiger partial charge in [-0.2, -0.15) is 5.10 Å². The van der Waals surface area contributed by atoms with Crippen LogP contribution < -0.4 is 15.4 Å². The topological polar surface area (TPSA) is 94.0 Å². The van der Waals surface area contributed by atoms with Gasteiger partial charge in [-0.3, -0.25) is 9.48 Å². The Hall–Kier alpha value is -2.97. The molecule has 2 N–H and O–H groups in total. The summed E-state index contributed by atoms with van der Waals surface area (Å²) in [6.07, 6.45) is 7.05. The van der Waals surface area contributed by atoms with Gasteiger partial charge in [0.05, 0.1) is 12.1 Å². The third-order valence-electron chi connectivity index (χ3n) is 4.91. The summed E-state index contributed by atoms with van der Waals surface area (Å²) >= 11 is 0. The number of anilines is 1. The van der Waals surface area contributed by atoms with Crippen molar-refractivity contribution in [2.45, 2.75) is 12.8 Å². The van der Waals surface area contributed by atoms with Gasteiger partial charge < -0.3 is 15.4 Å². The molecule has 1 fully saturated rings. The highest BCUT2D eigenvalue weighted by Gasteiger charge is 2.34. The second-order valence-corrected chi connectivity index (χ2v) is 6.92. The SMILES string of the molecule is Cc1cc(Oc2ncccn2)ccc1NC(=O)[C@H]1CNC[C@@H]1c1cnn(C)c1.Cl. The number of nitrogens with zero attached hydrogens (tertiary/aromatic N) is 4. The van der Waals surface area contributed by atoms with Gasteiger partial charge in [-0.25, -0.2) is 9.97 Å². The van der Waals surface area contributed by atoms with Crippen LogP contribution in [-0.4, -0.2) is 38.7 Å². The first-order valence-corrected chi connectivity index (χ1v) is 9.16. The summed E-state index contributed by atoms with van der Waals surface area (Å²) < 4.78 is 7.41. The number of rotatable bonds is 5. The van der Waals surface area contributed by atoms with E-state index in [0.717, 1.165) is 23.4 Å². The Morgan fingerprint density at radius 3 is 2.76 bits per heavy atom. The molecule has 1 aliphatic heterocycles. The van der Waals surface area contributed by atoms with E-state index < -0.39 is 0 Å². The lowest BCUT2D eigenvalue weighted by molar-refractivity contribution is -0.119. The van der Waals surface area contributed by atoms with Crippen molar-refractivity contribution in [3.05, 3.63) is 60.2 Å². The van der Waals surface area contributed by atoms with Gasteiger partial charge in [0, 0.05) is 50.3 Å². The molecule has 3 heterocycles. The third-order valence-corrected chi connectivity index (χ3v) is 4.91. The summed E-state index contributed by atoms with van der Waals surface area (Å²) in [5.41, 5.74) is 2.75. The van der Waals surface area contributed by atoms with Crippen molar-refractivity contribution >= 4 is 24.0 Å². The summed E-state index contributed by atoms with van der Waals surface area (Å²) in [6, 6.07) is 7.51. The molecule has 2 atom stereocenters. The fourth-order valence-corrected chi connectivity index (χ4v) is 3.44. The average Bonchev–Trinajstić information content (AvgIpc) is 3.33. The van der Waals surface area contributed by atoms with E-state index in [1.165, 1.54) is 0 Å². The Bertz CT molecular complexity index is 978. The van der Waals surface area contributed by atoms with E-state index in [-0.39, 0.29) is 36.2 Å². The molecule has 4 rings (SSSR count). The van der Waals surface area contributed by atoms with Crippen molar-refractivity contribution in [2.75, 3.05) is 18.4 Å². The molecule has 0 spiro atoms. The van der Waals surface area contributed by atoms with E-state index in [0.29, 0.717) is 12.3 Å². The summed E-state index contributed by atoms with van der Waals surface area (Å²) in [5.74, 6) is 0.601. The second kappa shape index (κ2) is 9.02. The molecule has 29 heavy (non-hydrogen) atoms. The monoisotopic (exact) mass is 414 g/mol. The van der Waals surface area contributed by atoms with Crippen LogP contribution in [0, 0.1) is 12.8 Å². The van der Waals surface area contributed by atoms with Crippen molar-refractivity contribution in [1.29, 1.82) is 0 Å². The van der Waals surface area contributed by atoms with Crippen LogP contribution in [0.3, 0.4) is 0 Å². The normalized spacial score (nSPS) is 18.1. The molecule has 2 aromatic heterocycles. The maximum atomic E-state index is 12.9. The molecule has 1 aromatic carbocycles. The number of hydrogen-bond donors (Lipinski definition) is 2. The highest BCUT2D eigenvalue weighted by Crippen LogP contribution is 2.30. The van der Waals surface area contributed by atoms with E-state index >= 15 is 0 Å². The second-order valence-electron chi connectivity index (χ2n) is 6.92. The minimum atomic E-state index is -0.141. The van der Waals surface area contributed by atoms with Crippen LogP contribution in [0.1, 0.15) is 17.0 Å². The first-order chi connectivity index (χ1) is 13.6. The Kier molecular flexibility index (Phi) is 6.46. The van der Waals surface area contributed by atoms with Gasteiger partial charge in [-0.15, -0.1) is 12.4 Å². The number of carbonyl (C=O) groups is 1. The molecular weight excluding hydrogens is 392 g/mol. The van der Waals surface area contributed by atoms with Crippen LogP contribution in [0.5, 0.6) is 11.8 Å². The fourth-order valence-electron chi connectivity index (χ4n) is 3.44. The summed E-state index contributed by atoms with van der Waals surface area (Å²) in [6.45, 7) is 3.35. The van der Waals surface area contributed by atoms with Crippen molar-refractivity contribution in [3.63, 3.8) is 0 Å². The van der Waals surface area contributed by atoms with Crippen LogP contribution in [0.15, 0.2) is 49.1 Å². The molecule has 0 bridgehead atoms. The first-order valence-electron chi connectivity index (χ1n) is 9.16. The zero-order valence-electron chi connectivity index (χ0n) is 16.2. The van der Waals surface area contributed by atoms with Gasteiger partial charge in [-0.05, 0) is 42.3 Å². The van der Waals surface area contributed by atoms with Gasteiger partial charge >= 0.3 is 6.01 Å². The van der Waals surface area contributed by atoms with Crippen LogP contribution in [0.25, 0.3) is 0 Å². The van der Waals surface area contributed by atoms with Gasteiger partial charge in [0.25, 0.3) is 0 Å². The predicted molar refractivity (Wildman–Crippen MR) is 111 cm³/mol. The first kappa shape index (κ1) is 20.8. The third kappa shape index (κ3) is 4.72. The number of aryl methyl sites for hydroxylation is 2. The minimum absolute atomic E-state index is 0. The van der Waals surface area contributed by atoms with Gasteiger partial charge in [0.15, 0.2) is 0 Å². The zero-order valence-corrected chi connectivity index (χ0v) is 17.0. The average molecular weight is 415 g/mol. The molecule has 1 amide bonds. The number of nitrogens with one attached hydrogen (secondary N) is 2. The Morgan fingerprint density at radius 2 is 2.07 bits per heavy atom. The summed E-state index contributed by atoms with van der Waals surface area (Å²) in [5, 5.41) is 10.6.